The van der Waals surface area contributed by atoms with Crippen LogP contribution < -0.4 is 10.9 Å². The normalized spacial score (nSPS) is 11.9. The van der Waals surface area contributed by atoms with Crippen molar-refractivity contribution < 1.29 is 31.2 Å². The fraction of sp³-hybridized carbons (Fsp3) is 0.176. The maximum atomic E-state index is 12.7. The van der Waals surface area contributed by atoms with Gasteiger partial charge in [-0.1, -0.05) is 12.1 Å². The number of carbonyl (C=O) groups excluding carboxylic acids is 2. The minimum Gasteiger partial charge on any atom is -0.267 e. The number of rotatable bonds is 4. The van der Waals surface area contributed by atoms with Crippen LogP contribution in [0, 0.1) is 0 Å². The van der Waals surface area contributed by atoms with Crippen molar-refractivity contribution in [3.63, 3.8) is 0 Å². The number of nitrogens with one attached hydrogen (secondary N) is 2. The number of hydrogen-bond donors (Lipinski definition) is 2. The number of nitrogens with zero attached hydrogens (tertiary/aromatic N) is 1. The Bertz CT molecular complexity index is 1000. The van der Waals surface area contributed by atoms with E-state index in [2.05, 4.69) is 0 Å². The zero-order valence-corrected chi connectivity index (χ0v) is 15.6. The first-order valence-electron chi connectivity index (χ1n) is 7.73. The van der Waals surface area contributed by atoms with Crippen LogP contribution in [-0.2, 0) is 16.2 Å². The van der Waals surface area contributed by atoms with Gasteiger partial charge in [0, 0.05) is 25.2 Å². The smallest absolute Gasteiger partial charge is 0.267 e. The molecule has 2 rings (SSSR count). The summed E-state index contributed by atoms with van der Waals surface area (Å²) >= 11 is 0. The lowest BCUT2D eigenvalue weighted by Gasteiger charge is -2.13. The highest BCUT2D eigenvalue weighted by atomic mass is 32.2. The van der Waals surface area contributed by atoms with Crippen LogP contribution in [0.25, 0.3) is 0 Å². The molecule has 11 heteroatoms. The average Bonchev–Trinajstić information content (AvgIpc) is 2.65. The second-order valence-corrected chi connectivity index (χ2v) is 7.95. The Labute approximate surface area is 159 Å². The summed E-state index contributed by atoms with van der Waals surface area (Å²) in [4.78, 5) is 24.0. The van der Waals surface area contributed by atoms with Crippen LogP contribution >= 0.6 is 0 Å². The zero-order valence-electron chi connectivity index (χ0n) is 14.7. The molecule has 0 fully saturated rings. The molecule has 0 aromatic heterocycles. The van der Waals surface area contributed by atoms with E-state index >= 15 is 0 Å². The number of amides is 2. The molecule has 0 aliphatic heterocycles. The van der Waals surface area contributed by atoms with Crippen LogP contribution in [0.2, 0.25) is 0 Å². The standard InChI is InChI=1S/C17H16F3N3O4S/c1-23(2)28(26,27)14-8-4-6-12(10-14)16(25)22-21-15(24)11-5-3-7-13(9-11)17(18,19)20/h3-10H,1-2H3,(H,21,24)(H,22,25). The minimum atomic E-state index is -4.61. The largest absolute Gasteiger partial charge is 0.416 e. The van der Waals surface area contributed by atoms with Gasteiger partial charge in [-0.25, -0.2) is 12.7 Å². The Balaban J connectivity index is 2.12. The van der Waals surface area contributed by atoms with Gasteiger partial charge in [0.2, 0.25) is 10.0 Å². The van der Waals surface area contributed by atoms with Crippen LogP contribution in [0.3, 0.4) is 0 Å². The maximum absolute atomic E-state index is 12.7. The van der Waals surface area contributed by atoms with E-state index < -0.39 is 33.6 Å². The summed E-state index contributed by atoms with van der Waals surface area (Å²) in [5, 5.41) is 0. The van der Waals surface area contributed by atoms with Gasteiger partial charge in [-0.3, -0.25) is 20.4 Å². The third-order valence-electron chi connectivity index (χ3n) is 3.62. The van der Waals surface area contributed by atoms with Crippen LogP contribution in [0.15, 0.2) is 53.4 Å². The number of alkyl halides is 3. The van der Waals surface area contributed by atoms with E-state index in [1.165, 1.54) is 32.3 Å². The molecule has 0 atom stereocenters. The fourth-order valence-corrected chi connectivity index (χ4v) is 3.05. The van der Waals surface area contributed by atoms with Crippen molar-refractivity contribution in [2.45, 2.75) is 11.1 Å². The van der Waals surface area contributed by atoms with Crippen molar-refractivity contribution in [1.82, 2.24) is 15.2 Å². The molecule has 0 spiro atoms. The van der Waals surface area contributed by atoms with Crippen molar-refractivity contribution in [3.8, 4) is 0 Å². The van der Waals surface area contributed by atoms with E-state index in [-0.39, 0.29) is 16.0 Å². The molecule has 150 valence electrons. The molecule has 2 N–H and O–H groups in total. The first-order chi connectivity index (χ1) is 12.9. The molecule has 0 saturated heterocycles. The van der Waals surface area contributed by atoms with E-state index in [0.29, 0.717) is 6.07 Å². The average molecular weight is 415 g/mol. The van der Waals surface area contributed by atoms with Crippen molar-refractivity contribution in [2.75, 3.05) is 14.1 Å². The molecule has 2 aromatic carbocycles. The molecule has 0 radical (unpaired) electrons. The number of halogens is 3. The summed E-state index contributed by atoms with van der Waals surface area (Å²) in [6, 6.07) is 8.75. The molecule has 28 heavy (non-hydrogen) atoms. The van der Waals surface area contributed by atoms with E-state index in [4.69, 9.17) is 0 Å². The molecule has 2 amide bonds. The lowest BCUT2D eigenvalue weighted by Crippen LogP contribution is -2.41. The first-order valence-corrected chi connectivity index (χ1v) is 9.17. The van der Waals surface area contributed by atoms with E-state index in [1.54, 1.807) is 0 Å². The molecular weight excluding hydrogens is 399 g/mol. The maximum Gasteiger partial charge on any atom is 0.416 e. The number of hydrogen-bond acceptors (Lipinski definition) is 4. The Kier molecular flexibility index (Phi) is 6.10. The molecule has 0 aliphatic rings. The van der Waals surface area contributed by atoms with Crippen molar-refractivity contribution in [3.05, 3.63) is 65.2 Å². The third-order valence-corrected chi connectivity index (χ3v) is 5.43. The second kappa shape index (κ2) is 7.98. The van der Waals surface area contributed by atoms with Crippen LogP contribution in [0.1, 0.15) is 26.3 Å². The van der Waals surface area contributed by atoms with Gasteiger partial charge in [0.15, 0.2) is 0 Å². The van der Waals surface area contributed by atoms with E-state index in [9.17, 15) is 31.2 Å². The van der Waals surface area contributed by atoms with Gasteiger partial charge in [0.25, 0.3) is 11.8 Å². The number of sulfonamides is 1. The highest BCUT2D eigenvalue weighted by molar-refractivity contribution is 7.89. The Hall–Kier alpha value is -2.92. The molecule has 0 heterocycles. The van der Waals surface area contributed by atoms with Crippen LogP contribution in [0.5, 0.6) is 0 Å². The predicted octanol–water partition coefficient (Wildman–Crippen LogP) is 2.03. The molecule has 0 saturated carbocycles. The third kappa shape index (κ3) is 4.87. The fourth-order valence-electron chi connectivity index (χ4n) is 2.10. The molecule has 0 bridgehead atoms. The van der Waals surface area contributed by atoms with Gasteiger partial charge < -0.3 is 0 Å². The summed E-state index contributed by atoms with van der Waals surface area (Å²) in [7, 11) is -1.11. The summed E-state index contributed by atoms with van der Waals surface area (Å²) < 4.78 is 63.3. The molecular formula is C17H16F3N3O4S. The second-order valence-electron chi connectivity index (χ2n) is 5.80. The van der Waals surface area contributed by atoms with Gasteiger partial charge in [-0.2, -0.15) is 13.2 Å². The van der Waals surface area contributed by atoms with Crippen molar-refractivity contribution in [2.24, 2.45) is 0 Å². The molecule has 2 aromatic rings. The van der Waals surface area contributed by atoms with E-state index in [1.807, 2.05) is 10.9 Å². The van der Waals surface area contributed by atoms with Gasteiger partial charge in [0.1, 0.15) is 0 Å². The number of benzene rings is 2. The first kappa shape index (κ1) is 21.4. The van der Waals surface area contributed by atoms with Gasteiger partial charge in [0.05, 0.1) is 10.5 Å². The Morgan fingerprint density at radius 2 is 1.39 bits per heavy atom. The van der Waals surface area contributed by atoms with Crippen molar-refractivity contribution >= 4 is 21.8 Å². The summed E-state index contributed by atoms with van der Waals surface area (Å²) in [6.07, 6.45) is -4.61. The van der Waals surface area contributed by atoms with Crippen LogP contribution in [0.4, 0.5) is 13.2 Å². The molecule has 0 unspecified atom stereocenters. The predicted molar refractivity (Wildman–Crippen MR) is 93.7 cm³/mol. The zero-order chi connectivity index (χ0) is 21.1. The molecule has 7 nitrogen and oxygen atoms in total. The lowest BCUT2D eigenvalue weighted by molar-refractivity contribution is -0.137. The summed E-state index contributed by atoms with van der Waals surface area (Å²) in [5.74, 6) is -1.80. The Morgan fingerprint density at radius 1 is 0.893 bits per heavy atom. The highest BCUT2D eigenvalue weighted by Gasteiger charge is 2.31. The molecule has 0 aliphatic carbocycles. The summed E-state index contributed by atoms with van der Waals surface area (Å²) in [6.45, 7) is 0. The lowest BCUT2D eigenvalue weighted by atomic mass is 10.1. The van der Waals surface area contributed by atoms with Crippen LogP contribution in [-0.4, -0.2) is 38.6 Å². The van der Waals surface area contributed by atoms with E-state index in [0.717, 1.165) is 28.6 Å². The Morgan fingerprint density at radius 3 is 1.89 bits per heavy atom. The highest BCUT2D eigenvalue weighted by Crippen LogP contribution is 2.29. The van der Waals surface area contributed by atoms with Gasteiger partial charge in [-0.05, 0) is 36.4 Å². The number of hydrazine groups is 1. The SMILES string of the molecule is CN(C)S(=O)(=O)c1cccc(C(=O)NNC(=O)c2cccc(C(F)(F)F)c2)c1. The number of carbonyl (C=O) groups is 2. The topological polar surface area (TPSA) is 95.6 Å². The summed E-state index contributed by atoms with van der Waals surface area (Å²) in [5.41, 5.74) is 2.65. The van der Waals surface area contributed by atoms with Gasteiger partial charge in [-0.15, -0.1) is 0 Å². The van der Waals surface area contributed by atoms with Gasteiger partial charge >= 0.3 is 6.18 Å². The van der Waals surface area contributed by atoms with Crippen molar-refractivity contribution in [1.29, 1.82) is 0 Å². The monoisotopic (exact) mass is 415 g/mol. The minimum absolute atomic E-state index is 0.0627. The quantitative estimate of drug-likeness (QED) is 0.747.